The van der Waals surface area contributed by atoms with Gasteiger partial charge in [0.15, 0.2) is 0 Å². The molecule has 0 spiro atoms. The van der Waals surface area contributed by atoms with E-state index in [1.165, 1.54) is 49.7 Å². The summed E-state index contributed by atoms with van der Waals surface area (Å²) in [6.45, 7) is 5.45. The third-order valence-corrected chi connectivity index (χ3v) is 5.93. The molecule has 1 aliphatic carbocycles. The SMILES string of the molecule is CC1CCC(CCC(C)Cc2cccc(OCc3ccccc3)c2)CC1. The van der Waals surface area contributed by atoms with E-state index in [4.69, 9.17) is 4.74 Å². The Bertz CT molecular complexity index is 640. The highest BCUT2D eigenvalue weighted by Crippen LogP contribution is 2.32. The van der Waals surface area contributed by atoms with Crippen LogP contribution in [0.5, 0.6) is 5.75 Å². The summed E-state index contributed by atoms with van der Waals surface area (Å²) in [6.07, 6.45) is 9.73. The predicted octanol–water partition coefficient (Wildman–Crippen LogP) is 7.05. The number of hydrogen-bond acceptors (Lipinski definition) is 1. The predicted molar refractivity (Wildman–Crippen MR) is 110 cm³/mol. The van der Waals surface area contributed by atoms with E-state index < -0.39 is 0 Å². The van der Waals surface area contributed by atoms with Gasteiger partial charge in [0, 0.05) is 0 Å². The molecule has 0 N–H and O–H groups in total. The Morgan fingerprint density at radius 2 is 1.65 bits per heavy atom. The van der Waals surface area contributed by atoms with Gasteiger partial charge in [0.2, 0.25) is 0 Å². The second kappa shape index (κ2) is 9.80. The van der Waals surface area contributed by atoms with Crippen molar-refractivity contribution in [2.24, 2.45) is 17.8 Å². The molecule has 1 fully saturated rings. The van der Waals surface area contributed by atoms with E-state index in [1.54, 1.807) is 0 Å². The lowest BCUT2D eigenvalue weighted by molar-refractivity contribution is 0.262. The minimum Gasteiger partial charge on any atom is -0.489 e. The van der Waals surface area contributed by atoms with Gasteiger partial charge >= 0.3 is 0 Å². The van der Waals surface area contributed by atoms with Crippen molar-refractivity contribution in [3.8, 4) is 5.75 Å². The van der Waals surface area contributed by atoms with Gasteiger partial charge in [-0.1, -0.05) is 94.8 Å². The van der Waals surface area contributed by atoms with E-state index >= 15 is 0 Å². The van der Waals surface area contributed by atoms with Crippen molar-refractivity contribution in [2.75, 3.05) is 0 Å². The zero-order chi connectivity index (χ0) is 18.2. The van der Waals surface area contributed by atoms with Crippen LogP contribution in [-0.2, 0) is 13.0 Å². The fourth-order valence-electron chi connectivity index (χ4n) is 4.15. The van der Waals surface area contributed by atoms with Gasteiger partial charge in [-0.15, -0.1) is 0 Å². The first-order valence-electron chi connectivity index (χ1n) is 10.4. The first-order chi connectivity index (χ1) is 12.7. The van der Waals surface area contributed by atoms with Crippen molar-refractivity contribution >= 4 is 0 Å². The molecule has 3 rings (SSSR count). The maximum Gasteiger partial charge on any atom is 0.120 e. The zero-order valence-corrected chi connectivity index (χ0v) is 16.5. The van der Waals surface area contributed by atoms with E-state index in [1.807, 2.05) is 6.07 Å². The van der Waals surface area contributed by atoms with Crippen LogP contribution in [0.3, 0.4) is 0 Å². The van der Waals surface area contributed by atoms with Gasteiger partial charge in [0.1, 0.15) is 12.4 Å². The minimum atomic E-state index is 0.639. The van der Waals surface area contributed by atoms with Crippen LogP contribution in [-0.4, -0.2) is 0 Å². The zero-order valence-electron chi connectivity index (χ0n) is 16.5. The first kappa shape index (κ1) is 19.0. The molecule has 0 aliphatic heterocycles. The molecule has 1 aliphatic rings. The highest BCUT2D eigenvalue weighted by Gasteiger charge is 2.18. The van der Waals surface area contributed by atoms with Crippen molar-refractivity contribution in [3.05, 3.63) is 65.7 Å². The van der Waals surface area contributed by atoms with Crippen molar-refractivity contribution in [2.45, 2.75) is 65.4 Å². The molecule has 2 aromatic carbocycles. The first-order valence-corrected chi connectivity index (χ1v) is 10.4. The number of hydrogen-bond donors (Lipinski definition) is 0. The minimum absolute atomic E-state index is 0.639. The maximum absolute atomic E-state index is 5.98. The fraction of sp³-hybridized carbons (Fsp3) is 0.520. The third kappa shape index (κ3) is 6.20. The molecule has 0 radical (unpaired) electrons. The monoisotopic (exact) mass is 350 g/mol. The van der Waals surface area contributed by atoms with E-state index in [-0.39, 0.29) is 0 Å². The van der Waals surface area contributed by atoms with Gasteiger partial charge in [-0.25, -0.2) is 0 Å². The Labute approximate surface area is 159 Å². The van der Waals surface area contributed by atoms with Gasteiger partial charge in [0.25, 0.3) is 0 Å². The van der Waals surface area contributed by atoms with Crippen LogP contribution in [0, 0.1) is 17.8 Å². The molecular weight excluding hydrogens is 316 g/mol. The normalized spacial score (nSPS) is 21.3. The van der Waals surface area contributed by atoms with E-state index in [2.05, 4.69) is 62.4 Å². The molecule has 0 amide bonds. The molecule has 1 unspecified atom stereocenters. The van der Waals surface area contributed by atoms with Crippen LogP contribution in [0.25, 0.3) is 0 Å². The average molecular weight is 351 g/mol. The van der Waals surface area contributed by atoms with E-state index in [0.29, 0.717) is 6.61 Å². The van der Waals surface area contributed by atoms with Crippen LogP contribution in [0.4, 0.5) is 0 Å². The third-order valence-electron chi connectivity index (χ3n) is 5.93. The summed E-state index contributed by atoms with van der Waals surface area (Å²) in [4.78, 5) is 0. The van der Waals surface area contributed by atoms with E-state index in [0.717, 1.165) is 29.9 Å². The summed E-state index contributed by atoms with van der Waals surface area (Å²) in [7, 11) is 0. The molecule has 2 aromatic rings. The van der Waals surface area contributed by atoms with E-state index in [9.17, 15) is 0 Å². The molecule has 1 saturated carbocycles. The van der Waals surface area contributed by atoms with Crippen molar-refractivity contribution < 1.29 is 4.74 Å². The Kier molecular flexibility index (Phi) is 7.17. The van der Waals surface area contributed by atoms with Crippen molar-refractivity contribution in [1.29, 1.82) is 0 Å². The van der Waals surface area contributed by atoms with Gasteiger partial charge in [-0.05, 0) is 47.4 Å². The van der Waals surface area contributed by atoms with Gasteiger partial charge in [0.05, 0.1) is 0 Å². The summed E-state index contributed by atoms with van der Waals surface area (Å²) in [5, 5.41) is 0. The summed E-state index contributed by atoms with van der Waals surface area (Å²) >= 11 is 0. The molecule has 1 heteroatoms. The lowest BCUT2D eigenvalue weighted by Crippen LogP contribution is -2.13. The summed E-state index contributed by atoms with van der Waals surface area (Å²) in [5.41, 5.74) is 2.62. The van der Waals surface area contributed by atoms with Gasteiger partial charge in [-0.2, -0.15) is 0 Å². The summed E-state index contributed by atoms with van der Waals surface area (Å²) in [5.74, 6) is 3.68. The maximum atomic E-state index is 5.98. The molecule has 140 valence electrons. The molecule has 1 nitrogen and oxygen atoms in total. The van der Waals surface area contributed by atoms with Crippen LogP contribution in [0.1, 0.15) is 63.5 Å². The van der Waals surface area contributed by atoms with Crippen LogP contribution >= 0.6 is 0 Å². The Morgan fingerprint density at radius 1 is 0.923 bits per heavy atom. The quantitative estimate of drug-likeness (QED) is 0.495. The molecule has 1 atom stereocenters. The van der Waals surface area contributed by atoms with Crippen LogP contribution < -0.4 is 4.74 Å². The highest BCUT2D eigenvalue weighted by molar-refractivity contribution is 5.29. The van der Waals surface area contributed by atoms with Crippen molar-refractivity contribution in [1.82, 2.24) is 0 Å². The Morgan fingerprint density at radius 3 is 2.42 bits per heavy atom. The van der Waals surface area contributed by atoms with Crippen LogP contribution in [0.2, 0.25) is 0 Å². The van der Waals surface area contributed by atoms with Gasteiger partial charge < -0.3 is 4.74 Å². The molecule has 0 aromatic heterocycles. The summed E-state index contributed by atoms with van der Waals surface area (Å²) in [6, 6.07) is 19.0. The second-order valence-electron chi connectivity index (χ2n) is 8.43. The second-order valence-corrected chi connectivity index (χ2v) is 8.43. The molecule has 0 bridgehead atoms. The highest BCUT2D eigenvalue weighted by atomic mass is 16.5. The molecule has 0 heterocycles. The Hall–Kier alpha value is -1.76. The Balaban J connectivity index is 1.44. The van der Waals surface area contributed by atoms with Gasteiger partial charge in [-0.3, -0.25) is 0 Å². The molecular formula is C25H34O. The topological polar surface area (TPSA) is 9.23 Å². The van der Waals surface area contributed by atoms with Crippen LogP contribution in [0.15, 0.2) is 54.6 Å². The summed E-state index contributed by atoms with van der Waals surface area (Å²) < 4.78 is 5.98. The number of ether oxygens (including phenoxy) is 1. The largest absolute Gasteiger partial charge is 0.489 e. The number of benzene rings is 2. The lowest BCUT2D eigenvalue weighted by atomic mass is 9.79. The fourth-order valence-corrected chi connectivity index (χ4v) is 4.15. The average Bonchev–Trinajstić information content (AvgIpc) is 2.67. The lowest BCUT2D eigenvalue weighted by Gasteiger charge is -2.27. The smallest absolute Gasteiger partial charge is 0.120 e. The standard InChI is InChI=1S/C25H34O/c1-20-11-14-22(15-12-20)16-13-21(2)17-24-9-6-10-25(18-24)26-19-23-7-4-3-5-8-23/h3-10,18,20-22H,11-17,19H2,1-2H3. The van der Waals surface area contributed by atoms with Crippen molar-refractivity contribution in [3.63, 3.8) is 0 Å². The molecule has 0 saturated heterocycles. The number of rotatable bonds is 8. The molecule has 26 heavy (non-hydrogen) atoms.